The Morgan fingerprint density at radius 1 is 1.16 bits per heavy atom. The summed E-state index contributed by atoms with van der Waals surface area (Å²) in [4.78, 5) is 0. The third kappa shape index (κ3) is 6.30. The molecule has 0 heterocycles. The fraction of sp³-hybridized carbons (Fsp3) is 0.571. The maximum absolute atomic E-state index is 10.8. The average molecular weight is 305 g/mol. The van der Waals surface area contributed by atoms with Crippen LogP contribution in [0.2, 0.25) is 0 Å². The molecule has 19 heavy (non-hydrogen) atoms. The molecule has 0 atom stereocenters. The fourth-order valence-electron chi connectivity index (χ4n) is 1.77. The van der Waals surface area contributed by atoms with E-state index in [1.54, 1.807) is 0 Å². The molecule has 0 aliphatic rings. The molecule has 0 spiro atoms. The predicted molar refractivity (Wildman–Crippen MR) is 79.5 cm³/mol. The molecule has 0 radical (unpaired) electrons. The topological polar surface area (TPSA) is 43.4 Å². The summed E-state index contributed by atoms with van der Waals surface area (Å²) >= 11 is 0. The standard InChI is InChI=1S/C14H21ClO3S/c1-14(2,3)12-8-4-5-9-13(12)18-10-6-7-11-19(15,16)17/h4-5,8-9H,6-7,10-11H2,1-3H3. The molecule has 0 N–H and O–H groups in total. The number of ether oxygens (including phenoxy) is 1. The van der Waals surface area contributed by atoms with Gasteiger partial charge in [0.2, 0.25) is 9.05 Å². The minimum absolute atomic E-state index is 0.00116. The van der Waals surface area contributed by atoms with Crippen LogP contribution in [0.4, 0.5) is 0 Å². The van der Waals surface area contributed by atoms with Gasteiger partial charge in [0.05, 0.1) is 12.4 Å². The molecule has 5 heteroatoms. The monoisotopic (exact) mass is 304 g/mol. The van der Waals surface area contributed by atoms with Crippen LogP contribution < -0.4 is 4.74 Å². The molecule has 1 aromatic carbocycles. The van der Waals surface area contributed by atoms with Gasteiger partial charge in [-0.05, 0) is 29.9 Å². The zero-order valence-corrected chi connectivity index (χ0v) is 13.2. The third-order valence-corrected chi connectivity index (χ3v) is 3.97. The summed E-state index contributed by atoms with van der Waals surface area (Å²) in [6.07, 6.45) is 1.19. The van der Waals surface area contributed by atoms with E-state index in [9.17, 15) is 8.42 Å². The normalized spacial score (nSPS) is 12.4. The second kappa shape index (κ2) is 6.62. The van der Waals surface area contributed by atoms with E-state index < -0.39 is 9.05 Å². The van der Waals surface area contributed by atoms with E-state index in [4.69, 9.17) is 15.4 Å². The van der Waals surface area contributed by atoms with Gasteiger partial charge in [-0.15, -0.1) is 0 Å². The molecule has 0 fully saturated rings. The van der Waals surface area contributed by atoms with Crippen molar-refractivity contribution in [3.63, 3.8) is 0 Å². The molecule has 0 aromatic heterocycles. The zero-order chi connectivity index (χ0) is 14.5. The minimum Gasteiger partial charge on any atom is -0.493 e. The predicted octanol–water partition coefficient (Wildman–Crippen LogP) is 3.71. The summed E-state index contributed by atoms with van der Waals surface area (Å²) < 4.78 is 27.3. The van der Waals surface area contributed by atoms with Crippen molar-refractivity contribution in [3.05, 3.63) is 29.8 Å². The highest BCUT2D eigenvalue weighted by Crippen LogP contribution is 2.30. The van der Waals surface area contributed by atoms with Crippen LogP contribution in [-0.4, -0.2) is 20.8 Å². The summed E-state index contributed by atoms with van der Waals surface area (Å²) in [6, 6.07) is 7.93. The van der Waals surface area contributed by atoms with Crippen LogP contribution in [0.25, 0.3) is 0 Å². The Labute approximate surface area is 120 Å². The van der Waals surface area contributed by atoms with Crippen molar-refractivity contribution in [1.29, 1.82) is 0 Å². The summed E-state index contributed by atoms with van der Waals surface area (Å²) in [5.74, 6) is 0.863. The molecule has 0 aliphatic heterocycles. The highest BCUT2D eigenvalue weighted by Gasteiger charge is 2.18. The first-order valence-electron chi connectivity index (χ1n) is 6.35. The van der Waals surface area contributed by atoms with Crippen molar-refractivity contribution in [2.75, 3.05) is 12.4 Å². The Morgan fingerprint density at radius 3 is 2.37 bits per heavy atom. The molecule has 0 bridgehead atoms. The Bertz CT molecular complexity index is 504. The first kappa shape index (κ1) is 16.3. The van der Waals surface area contributed by atoms with Crippen LogP contribution in [0.15, 0.2) is 24.3 Å². The third-order valence-electron chi connectivity index (χ3n) is 2.74. The van der Waals surface area contributed by atoms with Gasteiger partial charge in [-0.25, -0.2) is 8.42 Å². The van der Waals surface area contributed by atoms with Crippen molar-refractivity contribution in [3.8, 4) is 5.75 Å². The lowest BCUT2D eigenvalue weighted by atomic mass is 9.86. The fourth-order valence-corrected chi connectivity index (χ4v) is 2.65. The van der Waals surface area contributed by atoms with Gasteiger partial charge >= 0.3 is 0 Å². The number of para-hydroxylation sites is 1. The second-order valence-electron chi connectivity index (χ2n) is 5.54. The van der Waals surface area contributed by atoms with Gasteiger partial charge < -0.3 is 4.74 Å². The Morgan fingerprint density at radius 2 is 1.79 bits per heavy atom. The van der Waals surface area contributed by atoms with E-state index in [1.165, 1.54) is 0 Å². The number of hydrogen-bond acceptors (Lipinski definition) is 3. The first-order chi connectivity index (χ1) is 8.70. The summed E-state index contributed by atoms with van der Waals surface area (Å²) in [5.41, 5.74) is 1.18. The van der Waals surface area contributed by atoms with E-state index >= 15 is 0 Å². The van der Waals surface area contributed by atoms with Gasteiger partial charge in [-0.3, -0.25) is 0 Å². The SMILES string of the molecule is CC(C)(C)c1ccccc1OCCCCS(=O)(=O)Cl. The second-order valence-corrected chi connectivity index (χ2v) is 8.44. The number of unbranched alkanes of at least 4 members (excludes halogenated alkanes) is 1. The zero-order valence-electron chi connectivity index (χ0n) is 11.6. The van der Waals surface area contributed by atoms with Crippen LogP contribution >= 0.6 is 10.7 Å². The van der Waals surface area contributed by atoms with Crippen LogP contribution in [0.3, 0.4) is 0 Å². The van der Waals surface area contributed by atoms with Crippen LogP contribution in [0.5, 0.6) is 5.75 Å². The number of halogens is 1. The van der Waals surface area contributed by atoms with E-state index in [0.29, 0.717) is 19.4 Å². The lowest BCUT2D eigenvalue weighted by Crippen LogP contribution is -2.13. The van der Waals surface area contributed by atoms with Crippen LogP contribution in [-0.2, 0) is 14.5 Å². The van der Waals surface area contributed by atoms with E-state index in [1.807, 2.05) is 18.2 Å². The summed E-state index contributed by atoms with van der Waals surface area (Å²) in [7, 11) is 1.76. The molecule has 108 valence electrons. The van der Waals surface area contributed by atoms with Crippen molar-refractivity contribution in [2.24, 2.45) is 0 Å². The molecule has 1 rings (SSSR count). The lowest BCUT2D eigenvalue weighted by Gasteiger charge is -2.22. The van der Waals surface area contributed by atoms with Crippen molar-refractivity contribution in [2.45, 2.75) is 39.0 Å². The van der Waals surface area contributed by atoms with E-state index in [2.05, 4.69) is 26.8 Å². The van der Waals surface area contributed by atoms with Gasteiger partial charge in [0.1, 0.15) is 5.75 Å². The van der Waals surface area contributed by atoms with Gasteiger partial charge in [0.25, 0.3) is 0 Å². The molecule has 0 aliphatic carbocycles. The molecule has 1 aromatic rings. The van der Waals surface area contributed by atoms with Gasteiger partial charge in [0.15, 0.2) is 0 Å². The number of benzene rings is 1. The van der Waals surface area contributed by atoms with Crippen LogP contribution in [0, 0.1) is 0 Å². The number of rotatable bonds is 6. The molecular weight excluding hydrogens is 284 g/mol. The minimum atomic E-state index is -3.38. The lowest BCUT2D eigenvalue weighted by molar-refractivity contribution is 0.301. The summed E-state index contributed by atoms with van der Waals surface area (Å²) in [6.45, 7) is 6.90. The molecule has 0 saturated heterocycles. The number of hydrogen-bond donors (Lipinski definition) is 0. The first-order valence-corrected chi connectivity index (χ1v) is 8.82. The Balaban J connectivity index is 2.50. The van der Waals surface area contributed by atoms with Crippen LogP contribution in [0.1, 0.15) is 39.2 Å². The molecular formula is C14H21ClO3S. The molecule has 0 saturated carbocycles. The Hall–Kier alpha value is -0.740. The Kier molecular flexibility index (Phi) is 5.68. The molecule has 3 nitrogen and oxygen atoms in total. The van der Waals surface area contributed by atoms with E-state index in [-0.39, 0.29) is 11.2 Å². The van der Waals surface area contributed by atoms with Gasteiger partial charge in [0, 0.05) is 10.7 Å². The maximum Gasteiger partial charge on any atom is 0.232 e. The molecule has 0 unspecified atom stereocenters. The van der Waals surface area contributed by atoms with E-state index in [0.717, 1.165) is 11.3 Å². The summed E-state index contributed by atoms with van der Waals surface area (Å²) in [5, 5.41) is 0. The highest BCUT2D eigenvalue weighted by molar-refractivity contribution is 8.13. The van der Waals surface area contributed by atoms with Gasteiger partial charge in [-0.1, -0.05) is 39.0 Å². The molecule has 0 amide bonds. The van der Waals surface area contributed by atoms with Crippen molar-refractivity contribution < 1.29 is 13.2 Å². The van der Waals surface area contributed by atoms with Gasteiger partial charge in [-0.2, -0.15) is 0 Å². The average Bonchev–Trinajstić information content (AvgIpc) is 2.26. The largest absolute Gasteiger partial charge is 0.493 e. The maximum atomic E-state index is 10.8. The quantitative estimate of drug-likeness (QED) is 0.594. The van der Waals surface area contributed by atoms with Crippen molar-refractivity contribution in [1.82, 2.24) is 0 Å². The highest BCUT2D eigenvalue weighted by atomic mass is 35.7. The smallest absolute Gasteiger partial charge is 0.232 e. The van der Waals surface area contributed by atoms with Crippen molar-refractivity contribution >= 4 is 19.7 Å².